The molecule has 2 aromatic heterocycles. The van der Waals surface area contributed by atoms with Gasteiger partial charge in [0.15, 0.2) is 0 Å². The Morgan fingerprint density at radius 3 is 1.44 bits per heavy atom. The standard InChI is InChI=1S/C31H37F3N2O7S.C29H38N2O6S.CH2Cl2/c1-5-30(43-29(38)31(32,33)34)17-21(18-42-44(39,40)22-12-10-20(2)11-13-22)16-25(28(37)41-4)27-24(14-15-36(3)19-30)23-8-6-7-9-26(23)35-27;1-5-29(33)17-21(18-37-38(34,35)22-12-10-20(2)11-13-22)16-25(28(32)36-4)27-24(14-15-31(3)19-29)23-8-6-7-9-26(23)30-27;2-1-3/h6-13,21,25,35H,5,14-19H2,1-4H3;6-13,21,25,30,33H,5,14-19H2,1-4H3;1H2/t21-,25?,30+;21-,25?,29+;/m11./s1. The molecular weight excluding hydrogens is 1190 g/mol. The third-order valence-electron chi connectivity index (χ3n) is 15.8. The zero-order valence-electron chi connectivity index (χ0n) is 49.1. The van der Waals surface area contributed by atoms with Crippen LogP contribution in [0.15, 0.2) is 107 Å². The lowest BCUT2D eigenvalue weighted by Gasteiger charge is -2.38. The summed E-state index contributed by atoms with van der Waals surface area (Å²) in [5, 5.41) is 13.7. The quantitative estimate of drug-likeness (QED) is 0.0423. The van der Waals surface area contributed by atoms with E-state index in [1.165, 1.54) is 38.5 Å². The second-order valence-electron chi connectivity index (χ2n) is 22.1. The number of hydrogen-bond acceptors (Lipinski definition) is 15. The number of likely N-dealkylation sites (N-methyl/N-ethyl adjacent to an activating group) is 2. The molecule has 0 aliphatic carbocycles. The normalized spacial score (nSPS) is 22.2. The monoisotopic (exact) mass is 1260 g/mol. The summed E-state index contributed by atoms with van der Waals surface area (Å²) >= 11 is 9.53. The molecule has 4 aromatic carbocycles. The highest BCUT2D eigenvalue weighted by Crippen LogP contribution is 2.41. The highest BCUT2D eigenvalue weighted by molar-refractivity contribution is 7.87. The topological polar surface area (TPSA) is 224 Å². The molecule has 6 aromatic rings. The number of nitrogens with one attached hydrogen (secondary N) is 2. The van der Waals surface area contributed by atoms with Crippen molar-refractivity contribution in [2.24, 2.45) is 11.8 Å². The summed E-state index contributed by atoms with van der Waals surface area (Å²) in [7, 11) is -2.01. The molecule has 0 fully saturated rings. The molecule has 85 heavy (non-hydrogen) atoms. The van der Waals surface area contributed by atoms with E-state index in [1.54, 1.807) is 50.1 Å². The van der Waals surface area contributed by atoms with Gasteiger partial charge in [-0.15, -0.1) is 23.2 Å². The Balaban J connectivity index is 0.000000263. The van der Waals surface area contributed by atoms with E-state index in [2.05, 4.69) is 14.9 Å². The van der Waals surface area contributed by atoms with Gasteiger partial charge < -0.3 is 39.1 Å². The van der Waals surface area contributed by atoms with Gasteiger partial charge in [-0.05, 0) is 139 Å². The van der Waals surface area contributed by atoms with Crippen LogP contribution in [0.25, 0.3) is 21.8 Å². The maximum absolute atomic E-state index is 13.5. The molecule has 6 atom stereocenters. The minimum atomic E-state index is -5.24. The molecule has 17 nitrogen and oxygen atoms in total. The van der Waals surface area contributed by atoms with Gasteiger partial charge in [0.1, 0.15) is 5.60 Å². The number of alkyl halides is 5. The Hall–Kier alpha value is -5.56. The second-order valence-corrected chi connectivity index (χ2v) is 26.1. The number of methoxy groups -OCH3 is 2. The molecule has 0 amide bonds. The van der Waals surface area contributed by atoms with Crippen LogP contribution in [0.4, 0.5) is 13.2 Å². The number of aliphatic hydroxyl groups is 1. The Morgan fingerprint density at radius 1 is 0.647 bits per heavy atom. The number of H-pyrrole nitrogens is 2. The number of aromatic nitrogens is 2. The molecule has 0 spiro atoms. The molecule has 4 heterocycles. The smallest absolute Gasteiger partial charge is 0.469 e. The summed E-state index contributed by atoms with van der Waals surface area (Å²) in [4.78, 5) is 49.3. The number of β-amino-alcohol motifs (C(OH)–C–C–N with tert-alkyl or cyclic N) is 1. The molecule has 0 saturated carbocycles. The third-order valence-corrected chi connectivity index (χ3v) is 18.4. The molecule has 0 radical (unpaired) electrons. The fourth-order valence-corrected chi connectivity index (χ4v) is 13.3. The van der Waals surface area contributed by atoms with Crippen molar-refractivity contribution in [3.63, 3.8) is 0 Å². The van der Waals surface area contributed by atoms with E-state index >= 15 is 0 Å². The van der Waals surface area contributed by atoms with Crippen LogP contribution in [0.5, 0.6) is 0 Å². The van der Waals surface area contributed by atoms with Crippen LogP contribution in [0.3, 0.4) is 0 Å². The number of esters is 3. The number of rotatable bonds is 13. The van der Waals surface area contributed by atoms with Crippen molar-refractivity contribution >= 4 is 83.2 Å². The van der Waals surface area contributed by atoms with Gasteiger partial charge in [-0.3, -0.25) is 18.0 Å². The van der Waals surface area contributed by atoms with Crippen LogP contribution in [-0.4, -0.2) is 150 Å². The Kier molecular flexibility index (Phi) is 24.1. The lowest BCUT2D eigenvalue weighted by molar-refractivity contribution is -0.217. The van der Waals surface area contributed by atoms with Gasteiger partial charge in [0.05, 0.1) is 60.0 Å². The number of carbonyl (C=O) groups is 3. The van der Waals surface area contributed by atoms with E-state index in [0.29, 0.717) is 44.6 Å². The molecule has 0 saturated heterocycles. The number of benzene rings is 4. The molecule has 3 N–H and O–H groups in total. The lowest BCUT2D eigenvalue weighted by Crippen LogP contribution is -2.49. The largest absolute Gasteiger partial charge is 0.490 e. The fraction of sp³-hybridized carbons (Fsp3) is 0.492. The van der Waals surface area contributed by atoms with Crippen molar-refractivity contribution in [2.45, 2.75) is 118 Å². The molecule has 2 aliphatic heterocycles. The van der Waals surface area contributed by atoms with Crippen LogP contribution in [-0.2, 0) is 70.0 Å². The highest BCUT2D eigenvalue weighted by Gasteiger charge is 2.48. The van der Waals surface area contributed by atoms with E-state index in [0.717, 1.165) is 49.8 Å². The van der Waals surface area contributed by atoms with E-state index in [1.807, 2.05) is 69.4 Å². The number of aromatic amines is 2. The SMILES string of the molecule is CC[C@]1(O)C[C@H](COS(=O)(=O)c2ccc(C)cc2)CC(C(=O)OC)c2[nH]c3ccccc3c2CCN(C)C1.CC[C@]1(OC(=O)C(F)(F)F)C[C@H](COS(=O)(=O)c2ccc(C)cc2)CC(C(=O)OC)c2[nH]c3ccccc3c2CCN(C)C1.ClCCl. The van der Waals surface area contributed by atoms with Gasteiger partial charge in [0, 0.05) is 59.4 Å². The summed E-state index contributed by atoms with van der Waals surface area (Å²) < 4.78 is 119. The number of aryl methyl sites for hydroxylation is 2. The number of hydrogen-bond donors (Lipinski definition) is 3. The first-order valence-corrected chi connectivity index (χ1v) is 31.8. The van der Waals surface area contributed by atoms with Crippen LogP contribution in [0.1, 0.15) is 97.8 Å². The maximum Gasteiger partial charge on any atom is 0.490 e. The van der Waals surface area contributed by atoms with Crippen molar-refractivity contribution in [1.29, 1.82) is 0 Å². The van der Waals surface area contributed by atoms with E-state index in [4.69, 9.17) is 45.8 Å². The summed E-state index contributed by atoms with van der Waals surface area (Å²) in [6.45, 7) is 7.99. The van der Waals surface area contributed by atoms with Crippen molar-refractivity contribution < 1.29 is 72.1 Å². The maximum atomic E-state index is 13.5. The molecule has 0 bridgehead atoms. The van der Waals surface area contributed by atoms with Gasteiger partial charge in [-0.1, -0.05) is 85.6 Å². The van der Waals surface area contributed by atoms with E-state index in [-0.39, 0.29) is 60.4 Å². The van der Waals surface area contributed by atoms with Crippen LogP contribution in [0, 0.1) is 25.7 Å². The number of fused-ring (bicyclic) bond motifs is 6. The first-order valence-electron chi connectivity index (χ1n) is 27.9. The average molecular weight is 1270 g/mol. The Morgan fingerprint density at radius 2 is 1.05 bits per heavy atom. The third kappa shape index (κ3) is 18.0. The Bertz CT molecular complexity index is 3440. The van der Waals surface area contributed by atoms with Gasteiger partial charge in [-0.2, -0.15) is 30.0 Å². The number of nitrogens with zero attached hydrogens (tertiary/aromatic N) is 2. The summed E-state index contributed by atoms with van der Waals surface area (Å²) in [6, 6.07) is 27.9. The lowest BCUT2D eigenvalue weighted by atomic mass is 9.81. The van der Waals surface area contributed by atoms with Crippen molar-refractivity contribution in [2.75, 3.05) is 73.0 Å². The summed E-state index contributed by atoms with van der Waals surface area (Å²) in [6.07, 6.45) is -3.35. The zero-order chi connectivity index (χ0) is 62.5. The van der Waals surface area contributed by atoms with Crippen molar-refractivity contribution in [3.05, 3.63) is 131 Å². The van der Waals surface area contributed by atoms with Gasteiger partial charge in [0.2, 0.25) is 0 Å². The molecule has 2 unspecified atom stereocenters. The molecule has 8 rings (SSSR count). The van der Waals surface area contributed by atoms with Crippen LogP contribution in [0.2, 0.25) is 0 Å². The second kappa shape index (κ2) is 29.9. The predicted octanol–water partition coefficient (Wildman–Crippen LogP) is 10.9. The van der Waals surface area contributed by atoms with Crippen molar-refractivity contribution in [3.8, 4) is 0 Å². The van der Waals surface area contributed by atoms with E-state index < -0.39 is 85.8 Å². The minimum Gasteiger partial charge on any atom is -0.469 e. The van der Waals surface area contributed by atoms with Gasteiger partial charge >= 0.3 is 24.1 Å². The molecule has 466 valence electrons. The highest BCUT2D eigenvalue weighted by atomic mass is 35.5. The first kappa shape index (κ1) is 68.6. The average Bonchev–Trinajstić information content (AvgIpc) is 4.24. The Labute approximate surface area is 506 Å². The minimum absolute atomic E-state index is 0.00249. The van der Waals surface area contributed by atoms with Crippen LogP contribution < -0.4 is 0 Å². The van der Waals surface area contributed by atoms with Gasteiger partial charge in [0.25, 0.3) is 20.2 Å². The first-order chi connectivity index (χ1) is 40.1. The number of carbonyl (C=O) groups excluding carboxylic acids is 3. The number of halogens is 5. The molecule has 24 heteroatoms. The number of para-hydroxylation sites is 2. The fourth-order valence-electron chi connectivity index (χ4n) is 11.4. The number of ether oxygens (including phenoxy) is 3. The molecule has 2 aliphatic rings. The van der Waals surface area contributed by atoms with Crippen LogP contribution >= 0.6 is 23.2 Å². The summed E-state index contributed by atoms with van der Waals surface area (Å²) in [5.74, 6) is -6.24. The van der Waals surface area contributed by atoms with E-state index in [9.17, 15) is 49.5 Å². The molecular formula is C61H77Cl2F3N4O13S2. The zero-order valence-corrected chi connectivity index (χ0v) is 52.2. The summed E-state index contributed by atoms with van der Waals surface area (Å²) in [5.41, 5.74) is 4.01. The predicted molar refractivity (Wildman–Crippen MR) is 320 cm³/mol. The van der Waals surface area contributed by atoms with Crippen molar-refractivity contribution in [1.82, 2.24) is 19.8 Å². The van der Waals surface area contributed by atoms with Gasteiger partial charge in [-0.25, -0.2) is 4.79 Å².